The zero-order valence-corrected chi connectivity index (χ0v) is 24.4. The van der Waals surface area contributed by atoms with Crippen molar-refractivity contribution in [2.45, 2.75) is 30.6 Å². The van der Waals surface area contributed by atoms with Crippen LogP contribution in [0, 0.1) is 0 Å². The summed E-state index contributed by atoms with van der Waals surface area (Å²) in [7, 11) is -3.50. The molecule has 1 aromatic carbocycles. The number of halogens is 2. The molecule has 1 N–H and O–H groups in total. The van der Waals surface area contributed by atoms with Gasteiger partial charge in [-0.05, 0) is 42.3 Å². The standard InChI is InChI=1S/C30H29FN6O5S.FH.H2/c31-22-16-36(17-22)24-12-26-29(33-15-24)37(6-8-42-26)28-5-4-20-13-32-23(11-25(20)35-28)14-34-30(38)19-2-3-21-18-41-7-1-9-43(39,40)27(21)10-19;;/h2-5,10-13,15,22H,1,6-9,14,16-18H2,(H,34,38);2*1H. The Morgan fingerprint density at radius 3 is 2.80 bits per heavy atom. The number of fused-ring (bicyclic) bond motifs is 3. The van der Waals surface area contributed by atoms with E-state index in [0.717, 1.165) is 11.1 Å². The van der Waals surface area contributed by atoms with E-state index in [4.69, 9.17) is 14.5 Å². The Morgan fingerprint density at radius 1 is 1.09 bits per heavy atom. The van der Waals surface area contributed by atoms with Crippen LogP contribution in [0.5, 0.6) is 5.75 Å². The van der Waals surface area contributed by atoms with Crippen LogP contribution < -0.4 is 19.9 Å². The molecule has 0 aliphatic carbocycles. The molecule has 14 heteroatoms. The molecule has 0 unspecified atom stereocenters. The van der Waals surface area contributed by atoms with Crippen LogP contribution in [0.3, 0.4) is 0 Å². The van der Waals surface area contributed by atoms with Gasteiger partial charge in [0.25, 0.3) is 5.91 Å². The first-order chi connectivity index (χ1) is 20.8. The number of benzene rings is 1. The zero-order chi connectivity index (χ0) is 29.6. The second kappa shape index (κ2) is 11.9. The Kier molecular flexibility index (Phi) is 8.03. The predicted octanol–water partition coefficient (Wildman–Crippen LogP) is 3.74. The smallest absolute Gasteiger partial charge is 0.251 e. The molecule has 0 radical (unpaired) electrons. The first kappa shape index (κ1) is 29.6. The van der Waals surface area contributed by atoms with E-state index in [1.807, 2.05) is 34.1 Å². The van der Waals surface area contributed by atoms with Gasteiger partial charge in [-0.2, -0.15) is 0 Å². The van der Waals surface area contributed by atoms with Crippen molar-refractivity contribution < 1.29 is 33.2 Å². The topological polar surface area (TPSA) is 127 Å². The SMILES string of the molecule is F.O=C(NCc1cc2nc(N3CCOc4cc(N5CC(F)C5)cnc43)ccc2cn1)c1ccc2c(c1)S(=O)(=O)CCCOC2.[HH]. The number of hydrogen-bond donors (Lipinski definition) is 1. The second-order valence-electron chi connectivity index (χ2n) is 10.8. The molecule has 7 rings (SSSR count). The molecule has 232 valence electrons. The summed E-state index contributed by atoms with van der Waals surface area (Å²) >= 11 is 0. The van der Waals surface area contributed by atoms with E-state index in [-0.39, 0.29) is 35.5 Å². The van der Waals surface area contributed by atoms with Crippen LogP contribution in [0.25, 0.3) is 10.9 Å². The molecule has 0 atom stereocenters. The monoisotopic (exact) mass is 626 g/mol. The molecule has 4 aromatic rings. The summed E-state index contributed by atoms with van der Waals surface area (Å²) < 4.78 is 50.3. The van der Waals surface area contributed by atoms with Gasteiger partial charge in [0.15, 0.2) is 21.4 Å². The Hall–Kier alpha value is -4.43. The van der Waals surface area contributed by atoms with Crippen LogP contribution >= 0.6 is 0 Å². The Labute approximate surface area is 253 Å². The molecule has 3 aromatic heterocycles. The lowest BCUT2D eigenvalue weighted by Gasteiger charge is -2.37. The molecule has 1 fully saturated rings. The minimum atomic E-state index is -3.50. The van der Waals surface area contributed by atoms with Crippen LogP contribution in [0.15, 0.2) is 59.8 Å². The van der Waals surface area contributed by atoms with Crippen LogP contribution in [0.4, 0.5) is 26.4 Å². The van der Waals surface area contributed by atoms with Gasteiger partial charge in [0.2, 0.25) is 0 Å². The number of sulfone groups is 1. The highest BCUT2D eigenvalue weighted by molar-refractivity contribution is 7.91. The fourth-order valence-corrected chi connectivity index (χ4v) is 6.99. The molecule has 3 aliphatic rings. The number of nitrogens with zero attached hydrogens (tertiary/aromatic N) is 5. The van der Waals surface area contributed by atoms with E-state index >= 15 is 0 Å². The molecule has 0 saturated carbocycles. The summed E-state index contributed by atoms with van der Waals surface area (Å²) in [6.07, 6.45) is 3.04. The van der Waals surface area contributed by atoms with Gasteiger partial charge in [-0.25, -0.2) is 22.8 Å². The summed E-state index contributed by atoms with van der Waals surface area (Å²) in [4.78, 5) is 31.0. The molecule has 6 heterocycles. The number of carbonyl (C=O) groups excluding carboxylic acids is 1. The van der Waals surface area contributed by atoms with Crippen LogP contribution in [-0.4, -0.2) is 74.0 Å². The number of pyridine rings is 3. The predicted molar refractivity (Wildman–Crippen MR) is 162 cm³/mol. The molecule has 1 amide bonds. The minimum absolute atomic E-state index is 0. The van der Waals surface area contributed by atoms with Gasteiger partial charge < -0.3 is 24.6 Å². The molecule has 3 aliphatic heterocycles. The number of nitrogens with one attached hydrogen (secondary N) is 1. The van der Waals surface area contributed by atoms with Gasteiger partial charge in [-0.15, -0.1) is 0 Å². The third kappa shape index (κ3) is 5.74. The zero-order valence-electron chi connectivity index (χ0n) is 23.6. The number of carbonyl (C=O) groups is 1. The maximum atomic E-state index is 13.3. The first-order valence-corrected chi connectivity index (χ1v) is 15.8. The molecule has 1 saturated heterocycles. The van der Waals surface area contributed by atoms with Gasteiger partial charge in [0.05, 0.1) is 66.5 Å². The lowest BCUT2D eigenvalue weighted by Crippen LogP contribution is -2.48. The Balaban J connectivity index is 0.00000200. The van der Waals surface area contributed by atoms with Crippen molar-refractivity contribution in [1.82, 2.24) is 20.3 Å². The number of hydrogen-bond acceptors (Lipinski definition) is 10. The highest BCUT2D eigenvalue weighted by atomic mass is 32.2. The lowest BCUT2D eigenvalue weighted by molar-refractivity contribution is 0.0949. The van der Waals surface area contributed by atoms with Crippen molar-refractivity contribution in [2.24, 2.45) is 0 Å². The third-order valence-electron chi connectivity index (χ3n) is 7.79. The van der Waals surface area contributed by atoms with Crippen molar-refractivity contribution >= 4 is 44.0 Å². The number of rotatable bonds is 5. The number of ether oxygens (including phenoxy) is 2. The van der Waals surface area contributed by atoms with Gasteiger partial charge in [-0.3, -0.25) is 14.5 Å². The molecule has 0 bridgehead atoms. The largest absolute Gasteiger partial charge is 0.488 e. The van der Waals surface area contributed by atoms with E-state index < -0.39 is 21.9 Å². The molecular weight excluding hydrogens is 594 g/mol. The second-order valence-corrected chi connectivity index (χ2v) is 12.9. The lowest BCUT2D eigenvalue weighted by atomic mass is 10.1. The summed E-state index contributed by atoms with van der Waals surface area (Å²) in [6.45, 7) is 2.44. The van der Waals surface area contributed by atoms with Gasteiger partial charge in [0, 0.05) is 31.2 Å². The maximum absolute atomic E-state index is 13.3. The van der Waals surface area contributed by atoms with Crippen molar-refractivity contribution in [1.29, 1.82) is 0 Å². The maximum Gasteiger partial charge on any atom is 0.251 e. The highest BCUT2D eigenvalue weighted by Crippen LogP contribution is 2.37. The van der Waals surface area contributed by atoms with Gasteiger partial charge in [-0.1, -0.05) is 6.07 Å². The average Bonchev–Trinajstić information content (AvgIpc) is 3.00. The third-order valence-corrected chi connectivity index (χ3v) is 9.67. The summed E-state index contributed by atoms with van der Waals surface area (Å²) in [5, 5.41) is 3.68. The van der Waals surface area contributed by atoms with E-state index in [1.54, 1.807) is 24.5 Å². The number of amides is 1. The van der Waals surface area contributed by atoms with Crippen LogP contribution in [0.2, 0.25) is 0 Å². The fraction of sp³-hybridized carbons (Fsp3) is 0.333. The van der Waals surface area contributed by atoms with E-state index in [0.29, 0.717) is 73.4 Å². The summed E-state index contributed by atoms with van der Waals surface area (Å²) in [5.74, 6) is 1.54. The van der Waals surface area contributed by atoms with Gasteiger partial charge >= 0.3 is 0 Å². The van der Waals surface area contributed by atoms with Crippen molar-refractivity contribution in [3.63, 3.8) is 0 Å². The van der Waals surface area contributed by atoms with Crippen molar-refractivity contribution in [2.75, 3.05) is 48.4 Å². The van der Waals surface area contributed by atoms with Gasteiger partial charge in [0.1, 0.15) is 18.6 Å². The molecular formula is C30H32F2N6O5S. The Bertz CT molecular complexity index is 1840. The van der Waals surface area contributed by atoms with Crippen molar-refractivity contribution in [3.8, 4) is 5.75 Å². The highest BCUT2D eigenvalue weighted by Gasteiger charge is 2.29. The summed E-state index contributed by atoms with van der Waals surface area (Å²) in [6, 6.07) is 12.2. The first-order valence-electron chi connectivity index (χ1n) is 14.1. The summed E-state index contributed by atoms with van der Waals surface area (Å²) in [5.41, 5.74) is 2.94. The van der Waals surface area contributed by atoms with E-state index in [1.165, 1.54) is 6.07 Å². The fourth-order valence-electron chi connectivity index (χ4n) is 5.44. The normalized spacial score (nSPS) is 17.7. The Morgan fingerprint density at radius 2 is 1.95 bits per heavy atom. The van der Waals surface area contributed by atoms with E-state index in [2.05, 4.69) is 15.3 Å². The quantitative estimate of drug-likeness (QED) is 0.350. The number of aromatic nitrogens is 3. The molecule has 0 spiro atoms. The van der Waals surface area contributed by atoms with Crippen LogP contribution in [0.1, 0.15) is 29.5 Å². The van der Waals surface area contributed by atoms with Crippen molar-refractivity contribution in [3.05, 3.63) is 71.7 Å². The van der Waals surface area contributed by atoms with E-state index in [9.17, 15) is 17.6 Å². The number of alkyl halides is 1. The molecule has 44 heavy (non-hydrogen) atoms. The average molecular weight is 627 g/mol. The molecule has 11 nitrogen and oxygen atoms in total. The number of anilines is 3. The minimum Gasteiger partial charge on any atom is -0.488 e. The van der Waals surface area contributed by atoms with Crippen LogP contribution in [-0.2, 0) is 27.7 Å².